The summed E-state index contributed by atoms with van der Waals surface area (Å²) in [5.41, 5.74) is 18.5. The highest BCUT2D eigenvalue weighted by molar-refractivity contribution is 5.87. The van der Waals surface area contributed by atoms with Crippen molar-refractivity contribution in [1.82, 2.24) is 14.7 Å². The van der Waals surface area contributed by atoms with Crippen LogP contribution in [0.3, 0.4) is 0 Å². The summed E-state index contributed by atoms with van der Waals surface area (Å²) in [6.07, 6.45) is 7.30. The first-order valence-electron chi connectivity index (χ1n) is 13.0. The smallest absolute Gasteiger partial charge is 0.267 e. The van der Waals surface area contributed by atoms with Crippen LogP contribution < -0.4 is 17.2 Å². The first-order chi connectivity index (χ1) is 17.2. The Labute approximate surface area is 219 Å². The van der Waals surface area contributed by atoms with Crippen LogP contribution in [0.15, 0.2) is 35.8 Å². The number of hydrogen-bond donors (Lipinski definition) is 3. The van der Waals surface area contributed by atoms with Gasteiger partial charge in [-0.05, 0) is 68.1 Å². The van der Waals surface area contributed by atoms with E-state index in [0.717, 1.165) is 53.5 Å². The second-order valence-electron chi connectivity index (χ2n) is 10.5. The van der Waals surface area contributed by atoms with E-state index in [-0.39, 0.29) is 13.1 Å². The van der Waals surface area contributed by atoms with Gasteiger partial charge in [0.25, 0.3) is 6.43 Å². The van der Waals surface area contributed by atoms with Crippen molar-refractivity contribution in [2.75, 3.05) is 32.8 Å². The molecule has 6 N–H and O–H groups in total. The van der Waals surface area contributed by atoms with Gasteiger partial charge < -0.3 is 26.8 Å². The average molecular weight is 519 g/mol. The van der Waals surface area contributed by atoms with Gasteiger partial charge in [0.05, 0.1) is 11.1 Å². The molecule has 2 atom stereocenters. The second-order valence-corrected chi connectivity index (χ2v) is 10.5. The Morgan fingerprint density at radius 2 is 1.76 bits per heavy atom. The molecule has 7 nitrogen and oxygen atoms in total. The van der Waals surface area contributed by atoms with E-state index in [4.69, 9.17) is 21.9 Å². The molecule has 0 amide bonds. The SMILES string of the molecule is C.C1CC2CN(CC3CCOCC3)CC2C1.Cc1c(/C(N)=C/C(=C(N)N)C(F)F)ccc2nn(C)cc12. The number of ether oxygens (including phenoxy) is 1. The zero-order chi connectivity index (χ0) is 25.8. The van der Waals surface area contributed by atoms with Crippen LogP contribution in [0.25, 0.3) is 16.6 Å². The van der Waals surface area contributed by atoms with Crippen LogP contribution in [0.1, 0.15) is 50.7 Å². The van der Waals surface area contributed by atoms with Crippen LogP contribution in [0, 0.1) is 24.7 Å². The number of halogens is 2. The fraction of sp³-hybridized carbons (Fsp3) is 0.607. The Morgan fingerprint density at radius 3 is 2.35 bits per heavy atom. The topological polar surface area (TPSA) is 108 Å². The third kappa shape index (κ3) is 7.02. The van der Waals surface area contributed by atoms with E-state index in [1.54, 1.807) is 16.8 Å². The molecular weight excluding hydrogens is 474 g/mol. The number of allylic oxidation sites excluding steroid dienone is 2. The van der Waals surface area contributed by atoms with Crippen LogP contribution in [-0.2, 0) is 11.8 Å². The van der Waals surface area contributed by atoms with E-state index >= 15 is 0 Å². The monoisotopic (exact) mass is 518 g/mol. The molecule has 3 heterocycles. The zero-order valence-corrected chi connectivity index (χ0v) is 21.4. The number of rotatable bonds is 5. The molecule has 3 fully saturated rings. The quantitative estimate of drug-likeness (QED) is 0.508. The predicted molar refractivity (Wildman–Crippen MR) is 147 cm³/mol. The maximum atomic E-state index is 12.9. The molecule has 0 spiro atoms. The molecule has 0 radical (unpaired) electrons. The molecule has 1 saturated carbocycles. The van der Waals surface area contributed by atoms with Gasteiger partial charge >= 0.3 is 0 Å². The summed E-state index contributed by atoms with van der Waals surface area (Å²) in [4.78, 5) is 2.74. The molecule has 2 unspecified atom stereocenters. The number of hydrogen-bond acceptors (Lipinski definition) is 6. The highest BCUT2D eigenvalue weighted by atomic mass is 19.3. The van der Waals surface area contributed by atoms with Gasteiger partial charge in [0, 0.05) is 62.7 Å². The van der Waals surface area contributed by atoms with E-state index in [0.29, 0.717) is 5.56 Å². The summed E-state index contributed by atoms with van der Waals surface area (Å²) in [5.74, 6) is 2.61. The Morgan fingerprint density at radius 1 is 1.11 bits per heavy atom. The van der Waals surface area contributed by atoms with Gasteiger partial charge in [-0.15, -0.1) is 0 Å². The maximum absolute atomic E-state index is 12.9. The summed E-state index contributed by atoms with van der Waals surface area (Å²) in [7, 11) is 1.81. The number of fused-ring (bicyclic) bond motifs is 2. The second kappa shape index (κ2) is 12.7. The van der Waals surface area contributed by atoms with Crippen molar-refractivity contribution in [3.05, 3.63) is 46.9 Å². The fourth-order valence-electron chi connectivity index (χ4n) is 5.96. The predicted octanol–water partition coefficient (Wildman–Crippen LogP) is 4.36. The normalized spacial score (nSPS) is 22.5. The Hall–Kier alpha value is -2.65. The van der Waals surface area contributed by atoms with E-state index in [1.165, 1.54) is 51.7 Å². The van der Waals surface area contributed by atoms with E-state index in [2.05, 4.69) is 10.00 Å². The van der Waals surface area contributed by atoms with Gasteiger partial charge in [0.15, 0.2) is 0 Å². The lowest BCUT2D eigenvalue weighted by Crippen LogP contribution is -2.31. The van der Waals surface area contributed by atoms with Gasteiger partial charge in [0.2, 0.25) is 0 Å². The molecule has 1 aliphatic carbocycles. The van der Waals surface area contributed by atoms with Gasteiger partial charge in [-0.3, -0.25) is 4.68 Å². The van der Waals surface area contributed by atoms with Crippen LogP contribution in [-0.4, -0.2) is 54.0 Å². The molecule has 2 aliphatic heterocycles. The van der Waals surface area contributed by atoms with E-state index in [1.807, 2.05) is 20.2 Å². The highest BCUT2D eigenvalue weighted by Crippen LogP contribution is 2.38. The fourth-order valence-corrected chi connectivity index (χ4v) is 5.96. The summed E-state index contributed by atoms with van der Waals surface area (Å²) in [6, 6.07) is 3.53. The van der Waals surface area contributed by atoms with Crippen LogP contribution >= 0.6 is 0 Å². The van der Waals surface area contributed by atoms with Crippen molar-refractivity contribution < 1.29 is 13.5 Å². The van der Waals surface area contributed by atoms with E-state index < -0.39 is 17.8 Å². The summed E-state index contributed by atoms with van der Waals surface area (Å²) in [6.45, 7) is 8.04. The minimum Gasteiger partial charge on any atom is -0.398 e. The lowest BCUT2D eigenvalue weighted by molar-refractivity contribution is 0.0546. The lowest BCUT2D eigenvalue weighted by Gasteiger charge is -2.27. The van der Waals surface area contributed by atoms with Crippen molar-refractivity contribution in [3.8, 4) is 0 Å². The molecule has 9 heteroatoms. The van der Waals surface area contributed by atoms with Gasteiger partial charge in [-0.1, -0.05) is 19.9 Å². The number of benzene rings is 1. The number of alkyl halides is 2. The molecular formula is C28H44F2N6O. The van der Waals surface area contributed by atoms with Crippen LogP contribution in [0.4, 0.5) is 8.78 Å². The number of likely N-dealkylation sites (tertiary alicyclic amines) is 1. The Kier molecular flexibility index (Phi) is 9.95. The standard InChI is InChI=1S/C14H17F2N5.C13H23NO.CH4/c1-7-8(3-4-12-10(7)6-21(2)20-12)11(17)5-9(13(15)16)14(18)19;1-2-12-9-14(10-13(12)3-1)8-11-4-6-15-7-5-11;/h3-6,13H,17-19H2,1-2H3;11-13H,1-10H2;1H4/b11-5-;;. The first-order valence-corrected chi connectivity index (χ1v) is 13.0. The number of aromatic nitrogens is 2. The van der Waals surface area contributed by atoms with E-state index in [9.17, 15) is 8.78 Å². The van der Waals surface area contributed by atoms with Crippen molar-refractivity contribution in [3.63, 3.8) is 0 Å². The largest absolute Gasteiger partial charge is 0.398 e. The molecule has 2 aromatic rings. The molecule has 0 bridgehead atoms. The van der Waals surface area contributed by atoms with Crippen molar-refractivity contribution in [2.24, 2.45) is 42.0 Å². The Bertz CT molecular complexity index is 1090. The number of nitrogens with zero attached hydrogens (tertiary/aromatic N) is 3. The van der Waals surface area contributed by atoms with Crippen molar-refractivity contribution in [1.29, 1.82) is 0 Å². The minimum atomic E-state index is -2.78. The molecule has 3 aliphatic rings. The van der Waals surface area contributed by atoms with Crippen LogP contribution in [0.2, 0.25) is 0 Å². The maximum Gasteiger partial charge on any atom is 0.267 e. The molecule has 5 rings (SSSR count). The first kappa shape index (κ1) is 28.9. The highest BCUT2D eigenvalue weighted by Gasteiger charge is 2.36. The number of nitrogens with two attached hydrogens (primary N) is 3. The summed E-state index contributed by atoms with van der Waals surface area (Å²) in [5, 5.41) is 5.19. The van der Waals surface area contributed by atoms with Gasteiger partial charge in [-0.25, -0.2) is 8.78 Å². The third-order valence-corrected chi connectivity index (χ3v) is 7.92. The average Bonchev–Trinajstić information content (AvgIpc) is 3.53. The molecule has 1 aromatic heterocycles. The molecule has 37 heavy (non-hydrogen) atoms. The van der Waals surface area contributed by atoms with Crippen molar-refractivity contribution in [2.45, 2.75) is 52.9 Å². The zero-order valence-electron chi connectivity index (χ0n) is 21.4. The Balaban J connectivity index is 0.000000209. The van der Waals surface area contributed by atoms with Gasteiger partial charge in [0.1, 0.15) is 5.82 Å². The van der Waals surface area contributed by atoms with Gasteiger partial charge in [-0.2, -0.15) is 5.10 Å². The van der Waals surface area contributed by atoms with Crippen molar-refractivity contribution >= 4 is 16.6 Å². The lowest BCUT2D eigenvalue weighted by atomic mass is 10.00. The summed E-state index contributed by atoms with van der Waals surface area (Å²) < 4.78 is 32.8. The third-order valence-electron chi connectivity index (χ3n) is 7.92. The summed E-state index contributed by atoms with van der Waals surface area (Å²) >= 11 is 0. The molecule has 1 aromatic carbocycles. The molecule has 206 valence electrons. The molecule has 2 saturated heterocycles. The number of aryl methyl sites for hydroxylation is 2. The van der Waals surface area contributed by atoms with Crippen LogP contribution in [0.5, 0.6) is 0 Å². The minimum absolute atomic E-state index is 0.